The lowest BCUT2D eigenvalue weighted by molar-refractivity contribution is 0.0250. The van der Waals surface area contributed by atoms with Gasteiger partial charge < -0.3 is 10.3 Å². The molecule has 0 unspecified atom stereocenters. The molecule has 1 aliphatic carbocycles. The number of anilines is 1. The smallest absolute Gasteiger partial charge is 0.382 e. The third kappa shape index (κ3) is 3.91. The van der Waals surface area contributed by atoms with E-state index in [0.29, 0.717) is 31.1 Å². The van der Waals surface area contributed by atoms with E-state index in [0.717, 1.165) is 41.2 Å². The van der Waals surface area contributed by atoms with Crippen LogP contribution in [0.5, 0.6) is 0 Å². The van der Waals surface area contributed by atoms with Gasteiger partial charge in [0.15, 0.2) is 5.82 Å². The Morgan fingerprint density at radius 1 is 1.18 bits per heavy atom. The van der Waals surface area contributed by atoms with Crippen molar-refractivity contribution in [1.82, 2.24) is 14.5 Å². The first-order chi connectivity index (χ1) is 16.5. The predicted octanol–water partition coefficient (Wildman–Crippen LogP) is 5.22. The molecule has 2 aromatic heterocycles. The van der Waals surface area contributed by atoms with E-state index < -0.39 is 13.4 Å². The van der Waals surface area contributed by atoms with Crippen LogP contribution in [0.1, 0.15) is 36.8 Å². The first kappa shape index (κ1) is 21.7. The van der Waals surface area contributed by atoms with Crippen LogP contribution in [-0.2, 0) is 31.1 Å². The minimum Gasteiger partial charge on any atom is -0.382 e. The first-order valence-electron chi connectivity index (χ1n) is 11.7. The van der Waals surface area contributed by atoms with E-state index in [9.17, 15) is 4.57 Å². The number of fused-ring (bicyclic) bond motifs is 3. The highest BCUT2D eigenvalue weighted by Crippen LogP contribution is 2.61. The number of phosphoric ester groups is 1. The Hall–Kier alpha value is -2.77. The minimum atomic E-state index is -3.66. The van der Waals surface area contributed by atoms with E-state index in [1.165, 1.54) is 5.56 Å². The number of benzene rings is 2. The van der Waals surface area contributed by atoms with Crippen LogP contribution in [0.3, 0.4) is 0 Å². The summed E-state index contributed by atoms with van der Waals surface area (Å²) in [5.41, 5.74) is 10.3. The Balaban J connectivity index is 1.21. The highest BCUT2D eigenvalue weighted by Gasteiger charge is 2.52. The lowest BCUT2D eigenvalue weighted by Crippen LogP contribution is -2.26. The number of pyridine rings is 1. The van der Waals surface area contributed by atoms with Gasteiger partial charge >= 0.3 is 7.82 Å². The second-order valence-electron chi connectivity index (χ2n) is 9.19. The highest BCUT2D eigenvalue weighted by molar-refractivity contribution is 7.48. The number of aromatic nitrogens is 3. The molecule has 9 heteroatoms. The molecule has 2 fully saturated rings. The Morgan fingerprint density at radius 2 is 1.97 bits per heavy atom. The number of aryl methyl sites for hydroxylation is 1. The van der Waals surface area contributed by atoms with Gasteiger partial charge in [-0.2, -0.15) is 0 Å². The Bertz CT molecular complexity index is 1420. The number of hydrogen-bond donors (Lipinski definition) is 1. The zero-order chi connectivity index (χ0) is 23.3. The zero-order valence-corrected chi connectivity index (χ0v) is 19.9. The molecule has 0 spiro atoms. The largest absolute Gasteiger partial charge is 0.475 e. The van der Waals surface area contributed by atoms with Crippen molar-refractivity contribution >= 4 is 35.6 Å². The maximum absolute atomic E-state index is 13.3. The SMILES string of the molecule is CCc1cccc(C2COP(=O)(OC3(Cn4cnc5c(N)nc6ccccc6c54)CC3)OC2)c1. The van der Waals surface area contributed by atoms with Crippen LogP contribution in [0.15, 0.2) is 54.9 Å². The van der Waals surface area contributed by atoms with Gasteiger partial charge in [-0.05, 0) is 36.5 Å². The summed E-state index contributed by atoms with van der Waals surface area (Å²) < 4.78 is 32.9. The fraction of sp³-hybridized carbons (Fsp3) is 0.360. The van der Waals surface area contributed by atoms with Crippen LogP contribution in [0.2, 0.25) is 0 Å². The predicted molar refractivity (Wildman–Crippen MR) is 131 cm³/mol. The second kappa shape index (κ2) is 8.17. The molecule has 6 rings (SSSR count). The summed E-state index contributed by atoms with van der Waals surface area (Å²) in [6, 6.07) is 16.2. The van der Waals surface area contributed by atoms with E-state index >= 15 is 0 Å². The number of nitrogens with two attached hydrogens (primary N) is 1. The molecule has 0 radical (unpaired) electrons. The maximum Gasteiger partial charge on any atom is 0.475 e. The van der Waals surface area contributed by atoms with Crippen molar-refractivity contribution in [2.75, 3.05) is 18.9 Å². The lowest BCUT2D eigenvalue weighted by Gasteiger charge is -2.31. The minimum absolute atomic E-state index is 0.0340. The molecule has 3 heterocycles. The molecule has 4 aromatic rings. The van der Waals surface area contributed by atoms with Crippen LogP contribution < -0.4 is 5.73 Å². The third-order valence-corrected chi connectivity index (χ3v) is 8.29. The van der Waals surface area contributed by atoms with Crippen molar-refractivity contribution in [3.63, 3.8) is 0 Å². The number of phosphoric acid groups is 1. The third-order valence-electron chi connectivity index (χ3n) is 6.75. The van der Waals surface area contributed by atoms with Gasteiger partial charge in [-0.3, -0.25) is 13.6 Å². The van der Waals surface area contributed by atoms with Crippen LogP contribution in [0, 0.1) is 0 Å². The van der Waals surface area contributed by atoms with Crippen molar-refractivity contribution in [3.8, 4) is 0 Å². The summed E-state index contributed by atoms with van der Waals surface area (Å²) >= 11 is 0. The standard InChI is InChI=1S/C25H27N4O4P/c1-2-17-6-5-7-18(12-17)19-13-31-34(30,32-14-19)33-25(10-11-25)15-29-16-27-22-23(29)20-8-3-4-9-21(20)28-24(22)26/h3-9,12,16,19H,2,10-11,13-15H2,1H3,(H2,26,28). The first-order valence-corrected chi connectivity index (χ1v) is 13.1. The molecule has 1 aliphatic heterocycles. The van der Waals surface area contributed by atoms with E-state index in [2.05, 4.69) is 35.1 Å². The van der Waals surface area contributed by atoms with Gasteiger partial charge in [0, 0.05) is 11.3 Å². The monoisotopic (exact) mass is 478 g/mol. The van der Waals surface area contributed by atoms with Gasteiger partial charge in [-0.1, -0.05) is 49.4 Å². The lowest BCUT2D eigenvalue weighted by atomic mass is 9.98. The fourth-order valence-corrected chi connectivity index (χ4v) is 6.27. The van der Waals surface area contributed by atoms with Crippen molar-refractivity contribution in [2.45, 2.75) is 44.2 Å². The number of para-hydroxylation sites is 1. The molecule has 2 N–H and O–H groups in total. The molecule has 0 amide bonds. The summed E-state index contributed by atoms with van der Waals surface area (Å²) in [5, 5.41) is 0.967. The molecule has 1 saturated heterocycles. The topological polar surface area (TPSA) is 101 Å². The molecule has 1 saturated carbocycles. The summed E-state index contributed by atoms with van der Waals surface area (Å²) in [5.74, 6) is 0.426. The number of imidazole rings is 1. The molecular weight excluding hydrogens is 451 g/mol. The molecule has 8 nitrogen and oxygen atoms in total. The average Bonchev–Trinajstić information content (AvgIpc) is 3.46. The molecule has 2 aliphatic rings. The van der Waals surface area contributed by atoms with Gasteiger partial charge in [0.2, 0.25) is 0 Å². The normalized spacial score (nSPS) is 24.0. The summed E-state index contributed by atoms with van der Waals surface area (Å²) in [7, 11) is -3.66. The summed E-state index contributed by atoms with van der Waals surface area (Å²) in [6.07, 6.45) is 4.24. The fourth-order valence-electron chi connectivity index (χ4n) is 4.65. The van der Waals surface area contributed by atoms with Crippen molar-refractivity contribution < 1.29 is 18.1 Å². The van der Waals surface area contributed by atoms with Gasteiger partial charge in [-0.25, -0.2) is 14.5 Å². The molecule has 0 atom stereocenters. The van der Waals surface area contributed by atoms with Crippen LogP contribution in [0.25, 0.3) is 21.9 Å². The van der Waals surface area contributed by atoms with Gasteiger partial charge in [-0.15, -0.1) is 0 Å². The van der Waals surface area contributed by atoms with E-state index in [1.807, 2.05) is 34.9 Å². The summed E-state index contributed by atoms with van der Waals surface area (Å²) in [4.78, 5) is 8.95. The molecule has 34 heavy (non-hydrogen) atoms. The van der Waals surface area contributed by atoms with E-state index in [4.69, 9.17) is 19.3 Å². The number of nitrogens with zero attached hydrogens (tertiary/aromatic N) is 3. The summed E-state index contributed by atoms with van der Waals surface area (Å²) in [6.45, 7) is 3.22. The molecule has 176 valence electrons. The second-order valence-corrected chi connectivity index (χ2v) is 10.8. The van der Waals surface area contributed by atoms with Crippen LogP contribution in [0.4, 0.5) is 5.82 Å². The Morgan fingerprint density at radius 3 is 2.74 bits per heavy atom. The number of hydrogen-bond acceptors (Lipinski definition) is 7. The van der Waals surface area contributed by atoms with E-state index in [1.54, 1.807) is 6.33 Å². The Labute approximate surface area is 197 Å². The number of nitrogen functional groups attached to an aromatic ring is 1. The quantitative estimate of drug-likeness (QED) is 0.379. The number of rotatable bonds is 6. The zero-order valence-electron chi connectivity index (χ0n) is 19.0. The average molecular weight is 478 g/mol. The molecule has 2 aromatic carbocycles. The van der Waals surface area contributed by atoms with Crippen molar-refractivity contribution in [3.05, 3.63) is 66.0 Å². The highest BCUT2D eigenvalue weighted by atomic mass is 31.2. The van der Waals surface area contributed by atoms with E-state index in [-0.39, 0.29) is 5.92 Å². The molecular formula is C25H27N4O4P. The van der Waals surface area contributed by atoms with Gasteiger partial charge in [0.25, 0.3) is 0 Å². The van der Waals surface area contributed by atoms with Crippen LogP contribution >= 0.6 is 7.82 Å². The van der Waals surface area contributed by atoms with Crippen molar-refractivity contribution in [2.24, 2.45) is 0 Å². The molecule has 0 bridgehead atoms. The Kier molecular flexibility index (Phi) is 5.22. The van der Waals surface area contributed by atoms with Crippen molar-refractivity contribution in [1.29, 1.82) is 0 Å². The van der Waals surface area contributed by atoms with Crippen LogP contribution in [-0.4, -0.2) is 33.3 Å². The van der Waals surface area contributed by atoms with Gasteiger partial charge in [0.1, 0.15) is 5.52 Å². The van der Waals surface area contributed by atoms with Gasteiger partial charge in [0.05, 0.1) is 42.7 Å². The maximum atomic E-state index is 13.3.